The van der Waals surface area contributed by atoms with Crippen LogP contribution in [-0.2, 0) is 14.4 Å². The maximum absolute atomic E-state index is 10.1. The molecular weight excluding hydrogens is 162 g/mol. The van der Waals surface area contributed by atoms with E-state index in [2.05, 4.69) is 0 Å². The van der Waals surface area contributed by atoms with Gasteiger partial charge in [0.1, 0.15) is 0 Å². The molecule has 12 heavy (non-hydrogen) atoms. The minimum atomic E-state index is 0.0926. The summed E-state index contributed by atoms with van der Waals surface area (Å²) in [6.45, 7) is 1.53. The van der Waals surface area contributed by atoms with Crippen molar-refractivity contribution in [2.24, 2.45) is 0 Å². The summed E-state index contributed by atoms with van der Waals surface area (Å²) in [5.41, 5.74) is 0. The van der Waals surface area contributed by atoms with Gasteiger partial charge in [-0.15, -0.1) is 0 Å². The number of rotatable bonds is 0. The molecule has 0 bridgehead atoms. The van der Waals surface area contributed by atoms with Crippen molar-refractivity contribution in [1.82, 2.24) is 4.90 Å². The van der Waals surface area contributed by atoms with Gasteiger partial charge in [0.05, 0.1) is 0 Å². The Morgan fingerprint density at radius 1 is 1.17 bits per heavy atom. The molecule has 0 heterocycles. The largest absolute Gasteiger partial charge is 0.349 e. The lowest BCUT2D eigenvalue weighted by atomic mass is 10.7. The number of nitrogens with one attached hydrogen (secondary N) is 2. The van der Waals surface area contributed by atoms with Gasteiger partial charge in [-0.05, 0) is 0 Å². The van der Waals surface area contributed by atoms with Crippen LogP contribution in [0, 0.1) is 10.8 Å². The Labute approximate surface area is 70.2 Å². The van der Waals surface area contributed by atoms with Crippen LogP contribution in [-0.4, -0.2) is 37.1 Å². The van der Waals surface area contributed by atoms with Crippen LogP contribution in [0.3, 0.4) is 0 Å². The molecule has 0 aliphatic heterocycles. The van der Waals surface area contributed by atoms with Gasteiger partial charge in [-0.1, -0.05) is 0 Å². The van der Waals surface area contributed by atoms with Crippen molar-refractivity contribution in [2.45, 2.75) is 6.92 Å². The minimum absolute atomic E-state index is 0.0926. The summed E-state index contributed by atoms with van der Waals surface area (Å²) in [5, 5.41) is 10.8. The van der Waals surface area contributed by atoms with Gasteiger partial charge in [0.15, 0.2) is 0 Å². The average Bonchev–Trinajstić information content (AvgIpc) is 1.90. The van der Waals surface area contributed by atoms with E-state index in [0.717, 1.165) is 12.2 Å². The summed E-state index contributed by atoms with van der Waals surface area (Å²) < 4.78 is 0. The molecule has 1 amide bonds. The summed E-state index contributed by atoms with van der Waals surface area (Å²) in [7, 11) is 3.45. The van der Waals surface area contributed by atoms with Crippen LogP contribution < -0.4 is 0 Å². The molecule has 6 nitrogen and oxygen atoms in total. The first-order valence-electron chi connectivity index (χ1n) is 2.73. The lowest BCUT2D eigenvalue weighted by Gasteiger charge is -2.02. The monoisotopic (exact) mass is 173 g/mol. The predicted octanol–water partition coefficient (Wildman–Crippen LogP) is -0.104. The third-order valence-electron chi connectivity index (χ3n) is 0.630. The van der Waals surface area contributed by atoms with Crippen LogP contribution in [0.1, 0.15) is 6.92 Å². The van der Waals surface area contributed by atoms with Crippen molar-refractivity contribution in [1.29, 1.82) is 10.8 Å². The fraction of sp³-hybridized carbons (Fsp3) is 0.500. The van der Waals surface area contributed by atoms with E-state index in [9.17, 15) is 4.79 Å². The molecule has 0 saturated heterocycles. The third-order valence-corrected chi connectivity index (χ3v) is 0.630. The van der Waals surface area contributed by atoms with Gasteiger partial charge in [0.2, 0.25) is 18.1 Å². The fourth-order valence-electron chi connectivity index (χ4n) is 0. The van der Waals surface area contributed by atoms with E-state index in [-0.39, 0.29) is 5.91 Å². The van der Waals surface area contributed by atoms with Crippen LogP contribution in [0.4, 0.5) is 0 Å². The Morgan fingerprint density at radius 3 is 1.25 bits per heavy atom. The van der Waals surface area contributed by atoms with Gasteiger partial charge in [-0.2, -0.15) is 0 Å². The van der Waals surface area contributed by atoms with Crippen LogP contribution in [0.15, 0.2) is 0 Å². The summed E-state index contributed by atoms with van der Waals surface area (Å²) in [6, 6.07) is 0. The first-order valence-corrected chi connectivity index (χ1v) is 2.73. The first-order chi connectivity index (χ1) is 5.47. The Morgan fingerprint density at radius 2 is 1.25 bits per heavy atom. The number of isocyanates is 2. The molecule has 0 aromatic carbocycles. The van der Waals surface area contributed by atoms with Crippen molar-refractivity contribution < 1.29 is 14.4 Å². The SMILES string of the molecule is CC(=O)N(C)C.N=C=O.N=C=O. The van der Waals surface area contributed by atoms with Gasteiger partial charge in [-0.25, -0.2) is 20.4 Å². The maximum atomic E-state index is 10.1. The van der Waals surface area contributed by atoms with Gasteiger partial charge in [0.25, 0.3) is 0 Å². The first kappa shape index (κ1) is 16.7. The molecule has 0 aromatic heterocycles. The molecular formula is C6H11N3O3. The van der Waals surface area contributed by atoms with Gasteiger partial charge in [0, 0.05) is 21.0 Å². The van der Waals surface area contributed by atoms with Crippen LogP contribution in [0.2, 0.25) is 0 Å². The summed E-state index contributed by atoms with van der Waals surface area (Å²) in [5.74, 6) is 0.0926. The van der Waals surface area contributed by atoms with E-state index in [1.165, 1.54) is 11.8 Å². The van der Waals surface area contributed by atoms with Gasteiger partial charge >= 0.3 is 0 Å². The molecule has 0 atom stereocenters. The van der Waals surface area contributed by atoms with Gasteiger partial charge < -0.3 is 4.90 Å². The molecule has 6 heteroatoms. The molecule has 0 fully saturated rings. The van der Waals surface area contributed by atoms with E-state index in [1.807, 2.05) is 0 Å². The summed E-state index contributed by atoms with van der Waals surface area (Å²) >= 11 is 0. The van der Waals surface area contributed by atoms with Crippen molar-refractivity contribution in [2.75, 3.05) is 14.1 Å². The molecule has 0 unspecified atom stereocenters. The number of hydrogen-bond donors (Lipinski definition) is 2. The van der Waals surface area contributed by atoms with Crippen molar-refractivity contribution in [3.05, 3.63) is 0 Å². The zero-order chi connectivity index (χ0) is 10.6. The van der Waals surface area contributed by atoms with E-state index < -0.39 is 0 Å². The molecule has 0 aromatic rings. The Hall–Kier alpha value is -1.77. The lowest BCUT2D eigenvalue weighted by Crippen LogP contribution is -2.17. The molecule has 0 spiro atoms. The average molecular weight is 173 g/mol. The van der Waals surface area contributed by atoms with Crippen molar-refractivity contribution in [3.63, 3.8) is 0 Å². The summed E-state index contributed by atoms with van der Waals surface area (Å²) in [6.07, 6.45) is 1.50. The van der Waals surface area contributed by atoms with Crippen molar-refractivity contribution in [3.8, 4) is 0 Å². The highest BCUT2D eigenvalue weighted by Gasteiger charge is 1.87. The molecule has 2 N–H and O–H groups in total. The second-order valence-electron chi connectivity index (χ2n) is 1.62. The second kappa shape index (κ2) is 16.1. The zero-order valence-corrected chi connectivity index (χ0v) is 7.17. The summed E-state index contributed by atoms with van der Waals surface area (Å²) in [4.78, 5) is 28.3. The second-order valence-corrected chi connectivity index (χ2v) is 1.62. The molecule has 0 radical (unpaired) electrons. The molecule has 0 aliphatic rings. The Bertz CT molecular complexity index is 164. The topological polar surface area (TPSA) is 102 Å². The van der Waals surface area contributed by atoms with E-state index in [1.54, 1.807) is 14.1 Å². The smallest absolute Gasteiger partial charge is 0.231 e. The zero-order valence-electron chi connectivity index (χ0n) is 7.17. The maximum Gasteiger partial charge on any atom is 0.231 e. The van der Waals surface area contributed by atoms with Crippen LogP contribution >= 0.6 is 0 Å². The highest BCUT2D eigenvalue weighted by Crippen LogP contribution is 1.69. The molecule has 68 valence electrons. The highest BCUT2D eigenvalue weighted by molar-refractivity contribution is 5.72. The fourth-order valence-corrected chi connectivity index (χ4v) is 0. The molecule has 0 aliphatic carbocycles. The number of carbonyl (C=O) groups excluding carboxylic acids is 3. The van der Waals surface area contributed by atoms with Crippen molar-refractivity contribution >= 4 is 18.1 Å². The minimum Gasteiger partial charge on any atom is -0.349 e. The third kappa shape index (κ3) is 86.5. The quantitative estimate of drug-likeness (QED) is 0.394. The Kier molecular flexibility index (Phi) is 22.4. The number of nitrogens with zero attached hydrogens (tertiary/aromatic N) is 1. The normalized spacial score (nSPS) is 5.25. The van der Waals surface area contributed by atoms with Gasteiger partial charge in [-0.3, -0.25) is 4.79 Å². The molecule has 0 rings (SSSR count). The van der Waals surface area contributed by atoms with E-state index >= 15 is 0 Å². The highest BCUT2D eigenvalue weighted by atomic mass is 16.2. The number of carbonyl (C=O) groups is 1. The molecule has 0 saturated carbocycles. The van der Waals surface area contributed by atoms with E-state index in [0.29, 0.717) is 0 Å². The lowest BCUT2D eigenvalue weighted by molar-refractivity contribution is -0.126. The predicted molar refractivity (Wildman–Crippen MR) is 41.2 cm³/mol. The Balaban J connectivity index is -0.000000115. The van der Waals surface area contributed by atoms with Crippen LogP contribution in [0.25, 0.3) is 0 Å². The number of amides is 1. The number of hydrogen-bond acceptors (Lipinski definition) is 5. The van der Waals surface area contributed by atoms with Crippen LogP contribution in [0.5, 0.6) is 0 Å². The standard InChI is InChI=1S/C4H9NO.2CHNO/c1-4(6)5(2)3;2*2-1-3/h1-3H3;2*2H. The van der Waals surface area contributed by atoms with E-state index in [4.69, 9.17) is 20.4 Å².